The fraction of sp³-hybridized carbons (Fsp3) is 0.182. The Labute approximate surface area is 157 Å². The molecular weight excluding hydrogens is 340 g/mol. The highest BCUT2D eigenvalue weighted by Gasteiger charge is 2.19. The Morgan fingerprint density at radius 2 is 1.78 bits per heavy atom. The van der Waals surface area contributed by atoms with Gasteiger partial charge in [-0.3, -0.25) is 9.69 Å². The number of nitrogens with zero attached hydrogens (tertiary/aromatic N) is 2. The first-order valence-corrected chi connectivity index (χ1v) is 8.71. The van der Waals surface area contributed by atoms with E-state index in [1.165, 1.54) is 23.5 Å². The highest BCUT2D eigenvalue weighted by Crippen LogP contribution is 2.24. The van der Waals surface area contributed by atoms with Crippen LogP contribution in [-0.4, -0.2) is 4.90 Å². The topological polar surface area (TPSA) is 47.0 Å². The van der Waals surface area contributed by atoms with Crippen LogP contribution in [0, 0.1) is 6.57 Å². The molecule has 0 radical (unpaired) electrons. The zero-order valence-corrected chi connectivity index (χ0v) is 14.7. The van der Waals surface area contributed by atoms with Crippen LogP contribution in [0.15, 0.2) is 70.1 Å². The van der Waals surface area contributed by atoms with Crippen molar-refractivity contribution in [2.75, 3.05) is 0 Å². The number of fused-ring (bicyclic) bond motifs is 1. The zero-order chi connectivity index (χ0) is 18.6. The zero-order valence-electron chi connectivity index (χ0n) is 14.7. The van der Waals surface area contributed by atoms with E-state index in [0.29, 0.717) is 18.0 Å². The third-order valence-electron chi connectivity index (χ3n) is 4.60. The summed E-state index contributed by atoms with van der Waals surface area (Å²) in [6.07, 6.45) is 1.38. The second kappa shape index (κ2) is 7.48. The Balaban J connectivity index is 1.38. The summed E-state index contributed by atoms with van der Waals surface area (Å²) in [6.45, 7) is 9.51. The van der Waals surface area contributed by atoms with Gasteiger partial charge < -0.3 is 9.15 Å². The molecule has 0 unspecified atom stereocenters. The maximum Gasteiger partial charge on any atom is 0.227 e. The summed E-state index contributed by atoms with van der Waals surface area (Å²) in [5, 5.41) is 0. The molecule has 1 aliphatic heterocycles. The highest BCUT2D eigenvalue weighted by molar-refractivity contribution is 5.45. The normalized spacial score (nSPS) is 13.1. The molecule has 134 valence electrons. The first-order chi connectivity index (χ1) is 13.2. The molecule has 0 N–H and O–H groups in total. The summed E-state index contributed by atoms with van der Waals surface area (Å²) >= 11 is 0. The number of hydrogen-bond acceptors (Lipinski definition) is 4. The van der Waals surface area contributed by atoms with Crippen LogP contribution in [-0.2, 0) is 26.2 Å². The van der Waals surface area contributed by atoms with Crippen LogP contribution in [0.2, 0.25) is 0 Å². The maximum atomic E-state index is 12.3. The van der Waals surface area contributed by atoms with Crippen molar-refractivity contribution in [2.24, 2.45) is 0 Å². The summed E-state index contributed by atoms with van der Waals surface area (Å²) in [4.78, 5) is 17.9. The Kier molecular flexibility index (Phi) is 4.73. The van der Waals surface area contributed by atoms with Gasteiger partial charge in [-0.25, -0.2) is 4.85 Å². The molecule has 2 aromatic carbocycles. The van der Waals surface area contributed by atoms with Gasteiger partial charge in [0.05, 0.1) is 13.1 Å². The molecule has 27 heavy (non-hydrogen) atoms. The third kappa shape index (κ3) is 3.91. The molecule has 0 aliphatic carbocycles. The van der Waals surface area contributed by atoms with Crippen molar-refractivity contribution in [3.63, 3.8) is 0 Å². The van der Waals surface area contributed by atoms with E-state index >= 15 is 0 Å². The van der Waals surface area contributed by atoms with Gasteiger partial charge in [-0.15, -0.1) is 0 Å². The van der Waals surface area contributed by atoms with Gasteiger partial charge in [0.25, 0.3) is 0 Å². The van der Waals surface area contributed by atoms with Gasteiger partial charge >= 0.3 is 0 Å². The van der Waals surface area contributed by atoms with Crippen LogP contribution >= 0.6 is 0 Å². The molecule has 3 aromatic rings. The molecule has 2 heterocycles. The lowest BCUT2D eigenvalue weighted by atomic mass is 10.1. The van der Waals surface area contributed by atoms with Gasteiger partial charge in [0.1, 0.15) is 18.6 Å². The predicted octanol–water partition coefficient (Wildman–Crippen LogP) is 4.29. The second-order valence-corrected chi connectivity index (χ2v) is 6.56. The van der Waals surface area contributed by atoms with Crippen LogP contribution in [0.25, 0.3) is 4.85 Å². The van der Waals surface area contributed by atoms with Crippen LogP contribution in [0.3, 0.4) is 0 Å². The van der Waals surface area contributed by atoms with E-state index in [1.54, 1.807) is 12.1 Å². The Morgan fingerprint density at radius 1 is 1.07 bits per heavy atom. The second-order valence-electron chi connectivity index (χ2n) is 6.56. The molecule has 0 atom stereocenters. The SMILES string of the molecule is [C-]#[N+]c1ccc(COc2coc(CN3Cc4ccccc4C3)cc2=O)cc1. The average molecular weight is 358 g/mol. The van der Waals surface area contributed by atoms with Crippen LogP contribution < -0.4 is 10.2 Å². The summed E-state index contributed by atoms with van der Waals surface area (Å²) in [5.41, 5.74) is 3.92. The van der Waals surface area contributed by atoms with E-state index in [9.17, 15) is 4.79 Å². The maximum absolute atomic E-state index is 12.3. The van der Waals surface area contributed by atoms with Gasteiger partial charge in [-0.1, -0.05) is 48.5 Å². The first-order valence-electron chi connectivity index (χ1n) is 8.71. The molecule has 0 amide bonds. The molecule has 0 saturated heterocycles. The van der Waals surface area contributed by atoms with Crippen LogP contribution in [0.1, 0.15) is 22.5 Å². The molecule has 5 heteroatoms. The van der Waals surface area contributed by atoms with Crippen molar-refractivity contribution in [1.29, 1.82) is 0 Å². The standard InChI is InChI=1S/C22H18N2O3/c1-23-19-8-6-16(7-9-19)14-27-22-15-26-20(10-21(22)25)13-24-11-17-4-2-3-5-18(17)12-24/h2-10,15H,11-14H2. The molecule has 0 bridgehead atoms. The summed E-state index contributed by atoms with van der Waals surface area (Å²) < 4.78 is 11.2. The van der Waals surface area contributed by atoms with Gasteiger partial charge in [0.15, 0.2) is 5.69 Å². The molecule has 0 fully saturated rings. The minimum absolute atomic E-state index is 0.189. The van der Waals surface area contributed by atoms with Crippen molar-refractivity contribution in [2.45, 2.75) is 26.2 Å². The molecule has 4 rings (SSSR count). The van der Waals surface area contributed by atoms with Crippen LogP contribution in [0.5, 0.6) is 5.75 Å². The van der Waals surface area contributed by atoms with E-state index in [1.807, 2.05) is 24.3 Å². The lowest BCUT2D eigenvalue weighted by Crippen LogP contribution is -2.17. The largest absolute Gasteiger partial charge is 0.482 e. The first kappa shape index (κ1) is 17.1. The van der Waals surface area contributed by atoms with Crippen molar-refractivity contribution < 1.29 is 9.15 Å². The average Bonchev–Trinajstić information content (AvgIpc) is 3.10. The summed E-state index contributed by atoms with van der Waals surface area (Å²) in [7, 11) is 0. The van der Waals surface area contributed by atoms with E-state index in [2.05, 4.69) is 21.9 Å². The minimum Gasteiger partial charge on any atom is -0.482 e. The summed E-state index contributed by atoms with van der Waals surface area (Å²) in [6, 6.07) is 16.9. The van der Waals surface area contributed by atoms with Gasteiger partial charge in [0, 0.05) is 19.2 Å². The molecule has 1 aliphatic rings. The van der Waals surface area contributed by atoms with Crippen molar-refractivity contribution in [3.05, 3.63) is 105 Å². The molecule has 0 saturated carbocycles. The molecular formula is C22H18N2O3. The lowest BCUT2D eigenvalue weighted by molar-refractivity contribution is 0.241. The number of hydrogen-bond donors (Lipinski definition) is 0. The lowest BCUT2D eigenvalue weighted by Gasteiger charge is -2.14. The van der Waals surface area contributed by atoms with Crippen molar-refractivity contribution in [3.8, 4) is 5.75 Å². The van der Waals surface area contributed by atoms with Crippen molar-refractivity contribution in [1.82, 2.24) is 4.90 Å². The fourth-order valence-electron chi connectivity index (χ4n) is 3.19. The Bertz CT molecular complexity index is 1020. The Morgan fingerprint density at radius 3 is 2.41 bits per heavy atom. The van der Waals surface area contributed by atoms with Gasteiger partial charge in [-0.2, -0.15) is 0 Å². The molecule has 1 aromatic heterocycles. The highest BCUT2D eigenvalue weighted by atomic mass is 16.5. The van der Waals surface area contributed by atoms with E-state index in [-0.39, 0.29) is 17.8 Å². The summed E-state index contributed by atoms with van der Waals surface area (Å²) in [5.74, 6) is 0.819. The van der Waals surface area contributed by atoms with E-state index in [0.717, 1.165) is 18.7 Å². The fourth-order valence-corrected chi connectivity index (χ4v) is 3.19. The smallest absolute Gasteiger partial charge is 0.227 e. The minimum atomic E-state index is -0.189. The molecule has 0 spiro atoms. The Hall–Kier alpha value is -3.36. The van der Waals surface area contributed by atoms with E-state index < -0.39 is 0 Å². The predicted molar refractivity (Wildman–Crippen MR) is 101 cm³/mol. The van der Waals surface area contributed by atoms with Crippen molar-refractivity contribution >= 4 is 5.69 Å². The van der Waals surface area contributed by atoms with Gasteiger partial charge in [-0.05, 0) is 16.7 Å². The number of ether oxygens (including phenoxy) is 1. The quantitative estimate of drug-likeness (QED) is 0.639. The monoisotopic (exact) mass is 358 g/mol. The van der Waals surface area contributed by atoms with Crippen LogP contribution in [0.4, 0.5) is 5.69 Å². The number of rotatable bonds is 5. The third-order valence-corrected chi connectivity index (χ3v) is 4.60. The molecule has 5 nitrogen and oxygen atoms in total. The number of benzene rings is 2. The van der Waals surface area contributed by atoms with Gasteiger partial charge in [0.2, 0.25) is 11.2 Å². The van der Waals surface area contributed by atoms with E-state index in [4.69, 9.17) is 15.7 Å².